The number of methoxy groups -OCH3 is 1. The highest BCUT2D eigenvalue weighted by Gasteiger charge is 2.13. The Labute approximate surface area is 149 Å². The number of carbonyl (C=O) groups is 1. The van der Waals surface area contributed by atoms with Gasteiger partial charge in [-0.3, -0.25) is 4.79 Å². The predicted molar refractivity (Wildman–Crippen MR) is 91.2 cm³/mol. The highest BCUT2D eigenvalue weighted by Crippen LogP contribution is 2.20. The SMILES string of the molecule is COc1ccccc1CC(=O)OCc1nc(-c2ccc(Cl)cc2)no1. The number of para-hydroxylation sites is 1. The number of rotatable bonds is 6. The van der Waals surface area contributed by atoms with E-state index in [1.165, 1.54) is 0 Å². The molecule has 2 aromatic carbocycles. The number of halogens is 1. The summed E-state index contributed by atoms with van der Waals surface area (Å²) in [5.74, 6) is 0.865. The summed E-state index contributed by atoms with van der Waals surface area (Å²) in [4.78, 5) is 16.2. The van der Waals surface area contributed by atoms with E-state index in [1.807, 2.05) is 18.2 Å². The van der Waals surface area contributed by atoms with E-state index in [4.69, 9.17) is 25.6 Å². The van der Waals surface area contributed by atoms with Crippen molar-refractivity contribution in [3.05, 3.63) is 65.0 Å². The van der Waals surface area contributed by atoms with Crippen molar-refractivity contribution in [1.29, 1.82) is 0 Å². The van der Waals surface area contributed by atoms with Crippen LogP contribution in [0, 0.1) is 0 Å². The van der Waals surface area contributed by atoms with Crippen molar-refractivity contribution in [1.82, 2.24) is 10.1 Å². The van der Waals surface area contributed by atoms with Crippen LogP contribution in [-0.2, 0) is 22.6 Å². The number of carbonyl (C=O) groups excluding carboxylic acids is 1. The lowest BCUT2D eigenvalue weighted by atomic mass is 10.1. The molecule has 0 aliphatic rings. The monoisotopic (exact) mass is 358 g/mol. The number of esters is 1. The molecule has 3 rings (SSSR count). The van der Waals surface area contributed by atoms with Crippen LogP contribution >= 0.6 is 11.6 Å². The van der Waals surface area contributed by atoms with Gasteiger partial charge in [0.05, 0.1) is 13.5 Å². The second kappa shape index (κ2) is 7.81. The minimum Gasteiger partial charge on any atom is -0.496 e. The Bertz CT molecular complexity index is 862. The third-order valence-corrected chi connectivity index (χ3v) is 3.71. The average Bonchev–Trinajstić information content (AvgIpc) is 3.10. The van der Waals surface area contributed by atoms with E-state index < -0.39 is 5.97 Å². The van der Waals surface area contributed by atoms with E-state index in [9.17, 15) is 4.79 Å². The van der Waals surface area contributed by atoms with Gasteiger partial charge in [-0.2, -0.15) is 4.98 Å². The summed E-state index contributed by atoms with van der Waals surface area (Å²) in [6.45, 7) is -0.0887. The van der Waals surface area contributed by atoms with E-state index >= 15 is 0 Å². The third-order valence-electron chi connectivity index (χ3n) is 3.45. The lowest BCUT2D eigenvalue weighted by Crippen LogP contribution is -2.09. The minimum absolute atomic E-state index is 0.0887. The van der Waals surface area contributed by atoms with Gasteiger partial charge in [-0.15, -0.1) is 0 Å². The van der Waals surface area contributed by atoms with Crippen LogP contribution in [0.4, 0.5) is 0 Å². The van der Waals surface area contributed by atoms with Crippen LogP contribution < -0.4 is 4.74 Å². The van der Waals surface area contributed by atoms with Crippen molar-refractivity contribution < 1.29 is 18.8 Å². The van der Waals surface area contributed by atoms with Gasteiger partial charge in [0.2, 0.25) is 5.82 Å². The zero-order valence-corrected chi connectivity index (χ0v) is 14.2. The van der Waals surface area contributed by atoms with Crippen molar-refractivity contribution in [3.63, 3.8) is 0 Å². The number of aromatic nitrogens is 2. The summed E-state index contributed by atoms with van der Waals surface area (Å²) in [6.07, 6.45) is 0.0994. The van der Waals surface area contributed by atoms with Gasteiger partial charge < -0.3 is 14.0 Å². The summed E-state index contributed by atoms with van der Waals surface area (Å²) in [6, 6.07) is 14.3. The fraction of sp³-hybridized carbons (Fsp3) is 0.167. The molecule has 0 saturated heterocycles. The molecule has 3 aromatic rings. The molecule has 0 N–H and O–H groups in total. The molecule has 0 aliphatic heterocycles. The van der Waals surface area contributed by atoms with Gasteiger partial charge in [0.1, 0.15) is 5.75 Å². The largest absolute Gasteiger partial charge is 0.496 e. The molecular weight excluding hydrogens is 344 g/mol. The molecule has 0 atom stereocenters. The Hall–Kier alpha value is -2.86. The van der Waals surface area contributed by atoms with Gasteiger partial charge in [0, 0.05) is 16.1 Å². The van der Waals surface area contributed by atoms with Crippen LogP contribution in [0.1, 0.15) is 11.5 Å². The number of hydrogen-bond donors (Lipinski definition) is 0. The van der Waals surface area contributed by atoms with Gasteiger partial charge in [-0.25, -0.2) is 0 Å². The molecular formula is C18H15ClN2O4. The second-order valence-electron chi connectivity index (χ2n) is 5.17. The molecule has 0 fully saturated rings. The van der Waals surface area contributed by atoms with E-state index in [-0.39, 0.29) is 18.9 Å². The van der Waals surface area contributed by atoms with Gasteiger partial charge in [0.25, 0.3) is 5.89 Å². The molecule has 0 amide bonds. The van der Waals surface area contributed by atoms with Crippen LogP contribution in [0.15, 0.2) is 53.1 Å². The number of ether oxygens (including phenoxy) is 2. The Balaban J connectivity index is 1.58. The molecule has 7 heteroatoms. The van der Waals surface area contributed by atoms with Gasteiger partial charge in [0.15, 0.2) is 6.61 Å². The van der Waals surface area contributed by atoms with Gasteiger partial charge in [-0.1, -0.05) is 35.0 Å². The van der Waals surface area contributed by atoms with Crippen molar-refractivity contribution in [2.75, 3.05) is 7.11 Å². The van der Waals surface area contributed by atoms with Crippen LogP contribution in [-0.4, -0.2) is 23.2 Å². The lowest BCUT2D eigenvalue weighted by molar-refractivity contribution is -0.144. The van der Waals surface area contributed by atoms with E-state index in [2.05, 4.69) is 10.1 Å². The molecule has 0 radical (unpaired) electrons. The lowest BCUT2D eigenvalue weighted by Gasteiger charge is -2.07. The topological polar surface area (TPSA) is 74.5 Å². The van der Waals surface area contributed by atoms with Crippen molar-refractivity contribution in [2.45, 2.75) is 13.0 Å². The first kappa shape index (κ1) is 17.0. The first-order valence-electron chi connectivity index (χ1n) is 7.52. The van der Waals surface area contributed by atoms with Crippen LogP contribution in [0.5, 0.6) is 5.75 Å². The molecule has 0 bridgehead atoms. The average molecular weight is 359 g/mol. The Morgan fingerprint density at radius 1 is 1.16 bits per heavy atom. The van der Waals surface area contributed by atoms with Gasteiger partial charge >= 0.3 is 5.97 Å². The number of benzene rings is 2. The Morgan fingerprint density at radius 2 is 1.92 bits per heavy atom. The quantitative estimate of drug-likeness (QED) is 0.626. The molecule has 0 aliphatic carbocycles. The van der Waals surface area contributed by atoms with Crippen LogP contribution in [0.25, 0.3) is 11.4 Å². The van der Waals surface area contributed by atoms with Crippen molar-refractivity contribution in [2.24, 2.45) is 0 Å². The highest BCUT2D eigenvalue weighted by molar-refractivity contribution is 6.30. The molecule has 128 valence electrons. The number of nitrogens with zero attached hydrogens (tertiary/aromatic N) is 2. The zero-order chi connectivity index (χ0) is 17.6. The Morgan fingerprint density at radius 3 is 2.68 bits per heavy atom. The highest BCUT2D eigenvalue weighted by atomic mass is 35.5. The summed E-state index contributed by atoms with van der Waals surface area (Å²) >= 11 is 5.85. The Kier molecular flexibility index (Phi) is 5.30. The summed E-state index contributed by atoms with van der Waals surface area (Å²) in [7, 11) is 1.56. The number of hydrogen-bond acceptors (Lipinski definition) is 6. The molecule has 1 aromatic heterocycles. The summed E-state index contributed by atoms with van der Waals surface area (Å²) in [5.41, 5.74) is 1.52. The van der Waals surface area contributed by atoms with E-state index in [0.717, 1.165) is 11.1 Å². The fourth-order valence-electron chi connectivity index (χ4n) is 2.23. The van der Waals surface area contributed by atoms with Crippen LogP contribution in [0.2, 0.25) is 5.02 Å². The molecule has 0 spiro atoms. The maximum absolute atomic E-state index is 12.0. The van der Waals surface area contributed by atoms with E-state index in [0.29, 0.717) is 16.6 Å². The molecule has 0 unspecified atom stereocenters. The van der Waals surface area contributed by atoms with Crippen molar-refractivity contribution in [3.8, 4) is 17.1 Å². The maximum atomic E-state index is 12.0. The third kappa shape index (κ3) is 4.36. The summed E-state index contributed by atoms with van der Waals surface area (Å²) < 4.78 is 15.5. The fourth-order valence-corrected chi connectivity index (χ4v) is 2.35. The van der Waals surface area contributed by atoms with Gasteiger partial charge in [-0.05, 0) is 30.3 Å². The van der Waals surface area contributed by atoms with Crippen molar-refractivity contribution >= 4 is 17.6 Å². The molecule has 0 saturated carbocycles. The molecule has 25 heavy (non-hydrogen) atoms. The van der Waals surface area contributed by atoms with E-state index in [1.54, 1.807) is 37.4 Å². The standard InChI is InChI=1S/C18H15ClN2O4/c1-23-15-5-3-2-4-13(15)10-17(22)24-11-16-20-18(21-25-16)12-6-8-14(19)9-7-12/h2-9H,10-11H2,1H3. The maximum Gasteiger partial charge on any atom is 0.310 e. The predicted octanol–water partition coefficient (Wildman–Crippen LogP) is 3.68. The molecule has 1 heterocycles. The first-order chi connectivity index (χ1) is 12.2. The molecule has 6 nitrogen and oxygen atoms in total. The second-order valence-corrected chi connectivity index (χ2v) is 5.60. The smallest absolute Gasteiger partial charge is 0.310 e. The zero-order valence-electron chi connectivity index (χ0n) is 13.4. The first-order valence-corrected chi connectivity index (χ1v) is 7.89. The minimum atomic E-state index is -0.407. The normalized spacial score (nSPS) is 10.5. The summed E-state index contributed by atoms with van der Waals surface area (Å²) in [5, 5.41) is 4.49. The van der Waals surface area contributed by atoms with Crippen LogP contribution in [0.3, 0.4) is 0 Å².